The van der Waals surface area contributed by atoms with Crippen molar-refractivity contribution in [2.75, 3.05) is 12.4 Å². The topological polar surface area (TPSA) is 92.2 Å². The maximum Gasteiger partial charge on any atom is 0.393 e. The second-order valence-electron chi connectivity index (χ2n) is 9.54. The molecule has 0 amide bonds. The first-order valence-corrected chi connectivity index (χ1v) is 13.1. The fraction of sp³-hybridized carbons (Fsp3) is 0.370. The summed E-state index contributed by atoms with van der Waals surface area (Å²) in [5.74, 6) is 1.20. The third-order valence-corrected chi connectivity index (χ3v) is 7.65. The highest BCUT2D eigenvalue weighted by Gasteiger charge is 2.30. The van der Waals surface area contributed by atoms with E-state index in [1.165, 1.54) is 12.4 Å². The molecule has 3 heterocycles. The highest BCUT2D eigenvalue weighted by Crippen LogP contribution is 2.33. The van der Waals surface area contributed by atoms with Crippen molar-refractivity contribution in [2.45, 2.75) is 56.6 Å². The molecule has 38 heavy (non-hydrogen) atoms. The van der Waals surface area contributed by atoms with Gasteiger partial charge in [-0.2, -0.15) is 13.2 Å². The summed E-state index contributed by atoms with van der Waals surface area (Å²) in [6.07, 6.45) is 0.967. The number of nitrogens with one attached hydrogen (secondary N) is 2. The van der Waals surface area contributed by atoms with Crippen molar-refractivity contribution in [3.05, 3.63) is 65.6 Å². The monoisotopic (exact) mass is 543 g/mol. The quantitative estimate of drug-likeness (QED) is 0.276. The Morgan fingerprint density at radius 2 is 1.82 bits per heavy atom. The van der Waals surface area contributed by atoms with E-state index in [9.17, 15) is 18.3 Å². The van der Waals surface area contributed by atoms with Crippen molar-refractivity contribution in [1.82, 2.24) is 20.3 Å². The van der Waals surface area contributed by atoms with Gasteiger partial charge in [-0.25, -0.2) is 9.97 Å². The molecule has 3 atom stereocenters. The van der Waals surface area contributed by atoms with Gasteiger partial charge in [0.05, 0.1) is 31.2 Å². The van der Waals surface area contributed by atoms with Crippen LogP contribution in [0.25, 0.3) is 21.3 Å². The zero-order valence-electron chi connectivity index (χ0n) is 20.7. The predicted molar refractivity (Wildman–Crippen MR) is 141 cm³/mol. The van der Waals surface area contributed by atoms with Gasteiger partial charge < -0.3 is 20.5 Å². The number of aromatic nitrogens is 3. The van der Waals surface area contributed by atoms with Gasteiger partial charge in [-0.1, -0.05) is 24.3 Å². The van der Waals surface area contributed by atoms with Crippen molar-refractivity contribution in [1.29, 1.82) is 0 Å². The summed E-state index contributed by atoms with van der Waals surface area (Å²) in [5.41, 5.74) is 3.13. The SMILES string of the molecule is COc1cncc(-c2ccc(CN[C@@H]3C[C@H](O)C[C@H](Nc4ncnc5sc(CC(F)(F)F)cc45)C3)cc2)c1. The minimum absolute atomic E-state index is 0.0686. The van der Waals surface area contributed by atoms with E-state index in [2.05, 4.69) is 37.7 Å². The van der Waals surface area contributed by atoms with Crippen LogP contribution in [0.4, 0.5) is 19.0 Å². The molecular formula is C27H28F3N5O2S. The largest absolute Gasteiger partial charge is 0.495 e. The van der Waals surface area contributed by atoms with Gasteiger partial charge in [0.25, 0.3) is 0 Å². The van der Waals surface area contributed by atoms with Crippen molar-refractivity contribution in [2.24, 2.45) is 0 Å². The number of fused-ring (bicyclic) bond motifs is 1. The molecule has 11 heteroatoms. The summed E-state index contributed by atoms with van der Waals surface area (Å²) in [6.45, 7) is 0.643. The molecule has 5 rings (SSSR count). The molecule has 0 saturated heterocycles. The molecule has 200 valence electrons. The van der Waals surface area contributed by atoms with Crippen LogP contribution in [-0.4, -0.2) is 51.5 Å². The summed E-state index contributed by atoms with van der Waals surface area (Å²) in [5, 5.41) is 18.0. The molecule has 0 aliphatic heterocycles. The average molecular weight is 544 g/mol. The molecule has 0 unspecified atom stereocenters. The molecule has 7 nitrogen and oxygen atoms in total. The molecule has 0 spiro atoms. The van der Waals surface area contributed by atoms with Crippen LogP contribution < -0.4 is 15.4 Å². The third kappa shape index (κ3) is 6.58. The number of thiophene rings is 1. The second kappa shape index (κ2) is 11.2. The Labute approximate surface area is 222 Å². The number of methoxy groups -OCH3 is 1. The van der Waals surface area contributed by atoms with E-state index < -0.39 is 18.7 Å². The zero-order chi connectivity index (χ0) is 26.7. The van der Waals surface area contributed by atoms with Gasteiger partial charge >= 0.3 is 6.18 Å². The van der Waals surface area contributed by atoms with E-state index in [1.54, 1.807) is 19.5 Å². The molecule has 1 aromatic carbocycles. The average Bonchev–Trinajstić information content (AvgIpc) is 3.29. The minimum atomic E-state index is -4.28. The maximum absolute atomic E-state index is 12.9. The number of anilines is 1. The molecular weight excluding hydrogens is 515 g/mol. The van der Waals surface area contributed by atoms with Crippen LogP contribution >= 0.6 is 11.3 Å². The number of nitrogens with zero attached hydrogens (tertiary/aromatic N) is 3. The number of ether oxygens (including phenoxy) is 1. The minimum Gasteiger partial charge on any atom is -0.495 e. The first-order chi connectivity index (χ1) is 18.3. The van der Waals surface area contributed by atoms with Gasteiger partial charge in [0.2, 0.25) is 0 Å². The Morgan fingerprint density at radius 1 is 1.03 bits per heavy atom. The number of rotatable bonds is 8. The number of hydrogen-bond donors (Lipinski definition) is 3. The van der Waals surface area contributed by atoms with E-state index in [-0.39, 0.29) is 17.0 Å². The lowest BCUT2D eigenvalue weighted by Crippen LogP contribution is -2.43. The number of benzene rings is 1. The van der Waals surface area contributed by atoms with Crippen LogP contribution in [-0.2, 0) is 13.0 Å². The van der Waals surface area contributed by atoms with Crippen molar-refractivity contribution in [3.63, 3.8) is 0 Å². The Hall–Kier alpha value is -3.28. The molecule has 3 aromatic heterocycles. The van der Waals surface area contributed by atoms with E-state index in [0.29, 0.717) is 41.2 Å². The number of aliphatic hydroxyl groups excluding tert-OH is 1. The third-order valence-electron chi connectivity index (χ3n) is 6.61. The van der Waals surface area contributed by atoms with Crippen molar-refractivity contribution < 1.29 is 23.0 Å². The number of halogens is 3. The molecule has 1 aliphatic carbocycles. The lowest BCUT2D eigenvalue weighted by Gasteiger charge is -2.34. The second-order valence-corrected chi connectivity index (χ2v) is 10.7. The van der Waals surface area contributed by atoms with E-state index in [1.807, 2.05) is 18.2 Å². The highest BCUT2D eigenvalue weighted by atomic mass is 32.1. The summed E-state index contributed by atoms with van der Waals surface area (Å²) in [7, 11) is 1.61. The molecule has 1 aliphatic rings. The highest BCUT2D eigenvalue weighted by molar-refractivity contribution is 7.18. The van der Waals surface area contributed by atoms with Gasteiger partial charge in [0.15, 0.2) is 0 Å². The maximum atomic E-state index is 12.9. The Morgan fingerprint density at radius 3 is 2.58 bits per heavy atom. The van der Waals surface area contributed by atoms with Crippen LogP contribution in [0, 0.1) is 0 Å². The lowest BCUT2D eigenvalue weighted by atomic mass is 9.88. The van der Waals surface area contributed by atoms with Gasteiger partial charge in [0, 0.05) is 35.3 Å². The zero-order valence-corrected chi connectivity index (χ0v) is 21.5. The fourth-order valence-electron chi connectivity index (χ4n) is 4.84. The molecule has 1 fully saturated rings. The predicted octanol–water partition coefficient (Wildman–Crippen LogP) is 5.35. The molecule has 0 bridgehead atoms. The smallest absolute Gasteiger partial charge is 0.393 e. The van der Waals surface area contributed by atoms with E-state index >= 15 is 0 Å². The molecule has 3 N–H and O–H groups in total. The standard InChI is InChI=1S/C27H28F3N5O2S/c1-37-22-6-18(13-31-14-22)17-4-2-16(3-5-17)12-32-19-7-20(9-21(36)8-19)35-25-24-10-23(11-27(28,29)30)38-26(24)34-15-33-25/h2-6,10,13-15,19-21,32,36H,7-9,11-12H2,1H3,(H,33,34,35)/t19-,20+,21-/m0/s1. The normalized spacial score (nSPS) is 20.0. The van der Waals surface area contributed by atoms with Gasteiger partial charge in [-0.15, -0.1) is 11.3 Å². The lowest BCUT2D eigenvalue weighted by molar-refractivity contribution is -0.126. The molecule has 0 radical (unpaired) electrons. The number of alkyl halides is 3. The summed E-state index contributed by atoms with van der Waals surface area (Å²) in [6, 6.07) is 11.6. The van der Waals surface area contributed by atoms with Crippen molar-refractivity contribution in [3.8, 4) is 16.9 Å². The van der Waals surface area contributed by atoms with Crippen LogP contribution in [0.15, 0.2) is 55.1 Å². The number of pyridine rings is 1. The Balaban J connectivity index is 1.21. The summed E-state index contributed by atoms with van der Waals surface area (Å²) >= 11 is 1.03. The van der Waals surface area contributed by atoms with Crippen LogP contribution in [0.5, 0.6) is 5.75 Å². The first-order valence-electron chi connectivity index (χ1n) is 12.3. The Kier molecular flexibility index (Phi) is 7.78. The molecule has 4 aromatic rings. The fourth-order valence-corrected chi connectivity index (χ4v) is 5.86. The first kappa shape index (κ1) is 26.3. The van der Waals surface area contributed by atoms with Gasteiger partial charge in [-0.3, -0.25) is 4.98 Å². The Bertz CT molecular complexity index is 1380. The summed E-state index contributed by atoms with van der Waals surface area (Å²) in [4.78, 5) is 13.4. The van der Waals surface area contributed by atoms with Gasteiger partial charge in [0.1, 0.15) is 22.7 Å². The summed E-state index contributed by atoms with van der Waals surface area (Å²) < 4.78 is 43.8. The van der Waals surface area contributed by atoms with E-state index in [4.69, 9.17) is 4.74 Å². The molecule has 1 saturated carbocycles. The van der Waals surface area contributed by atoms with Crippen molar-refractivity contribution >= 4 is 27.4 Å². The van der Waals surface area contributed by atoms with Gasteiger partial charge in [-0.05, 0) is 42.5 Å². The van der Waals surface area contributed by atoms with Crippen LogP contribution in [0.3, 0.4) is 0 Å². The van der Waals surface area contributed by atoms with E-state index in [0.717, 1.165) is 34.4 Å². The number of hydrogen-bond acceptors (Lipinski definition) is 8. The van der Waals surface area contributed by atoms with Crippen LogP contribution in [0.1, 0.15) is 29.7 Å². The van der Waals surface area contributed by atoms with Crippen LogP contribution in [0.2, 0.25) is 0 Å². The number of aliphatic hydroxyl groups is 1.